The first-order chi connectivity index (χ1) is 9.11. The highest BCUT2D eigenvalue weighted by Crippen LogP contribution is 2.17. The summed E-state index contributed by atoms with van der Waals surface area (Å²) in [5, 5.41) is 0. The van der Waals surface area contributed by atoms with Gasteiger partial charge in [-0.3, -0.25) is 0 Å². The molecule has 0 fully saturated rings. The molecule has 100 valence electrons. The maximum Gasteiger partial charge on any atom is 0.126 e. The Hall–Kier alpha value is -2.22. The van der Waals surface area contributed by atoms with E-state index in [1.54, 1.807) is 0 Å². The summed E-state index contributed by atoms with van der Waals surface area (Å²) in [5.41, 5.74) is 2.55. The van der Waals surface area contributed by atoms with E-state index in [2.05, 4.69) is 48.5 Å². The second-order valence-corrected chi connectivity index (χ2v) is 3.88. The molecule has 0 aliphatic carbocycles. The van der Waals surface area contributed by atoms with Gasteiger partial charge in [0.05, 0.1) is 0 Å². The molecule has 0 N–H and O–H groups in total. The highest BCUT2D eigenvalue weighted by Gasteiger charge is 1.91. The highest BCUT2D eigenvalue weighted by molar-refractivity contribution is 5.72. The average Bonchev–Trinajstić information content (AvgIpc) is 2.41. The van der Waals surface area contributed by atoms with Crippen molar-refractivity contribution in [2.24, 2.45) is 0 Å². The molecule has 0 bridgehead atoms. The lowest BCUT2D eigenvalue weighted by Gasteiger charge is -1.98. The molecule has 2 aromatic carbocycles. The van der Waals surface area contributed by atoms with Crippen LogP contribution in [0, 0.1) is 0 Å². The Kier molecular flexibility index (Phi) is 9.63. The zero-order valence-electron chi connectivity index (χ0n) is 11.7. The van der Waals surface area contributed by atoms with E-state index in [0.29, 0.717) is 0 Å². The predicted molar refractivity (Wildman–Crippen MR) is 80.0 cm³/mol. The standard InChI is InChI=1S/C12H10.C3H6O.C2H4O/c1-3-7-11(8-4-1)12-9-5-2-6-10-12;1-3(2)4;1-2-3/h1-10H;1-2H3;2H,1H3. The van der Waals surface area contributed by atoms with Gasteiger partial charge in [0.1, 0.15) is 12.1 Å². The van der Waals surface area contributed by atoms with Crippen LogP contribution in [0.4, 0.5) is 0 Å². The van der Waals surface area contributed by atoms with E-state index in [1.807, 2.05) is 12.1 Å². The number of benzene rings is 2. The van der Waals surface area contributed by atoms with E-state index in [1.165, 1.54) is 31.9 Å². The van der Waals surface area contributed by atoms with Crippen LogP contribution in [0.15, 0.2) is 60.7 Å². The van der Waals surface area contributed by atoms with Crippen LogP contribution < -0.4 is 0 Å². The molecule has 2 nitrogen and oxygen atoms in total. The third-order valence-electron chi connectivity index (χ3n) is 1.88. The number of ketones is 1. The Balaban J connectivity index is 0.000000393. The smallest absolute Gasteiger partial charge is 0.126 e. The highest BCUT2D eigenvalue weighted by atomic mass is 16.1. The monoisotopic (exact) mass is 256 g/mol. The third kappa shape index (κ3) is 9.48. The number of aldehydes is 1. The summed E-state index contributed by atoms with van der Waals surface area (Å²) in [4.78, 5) is 18.2. The second kappa shape index (κ2) is 10.9. The molecule has 0 aliphatic rings. The molecule has 0 atom stereocenters. The lowest BCUT2D eigenvalue weighted by atomic mass is 10.1. The van der Waals surface area contributed by atoms with Crippen molar-refractivity contribution in [3.63, 3.8) is 0 Å². The minimum absolute atomic E-state index is 0.167. The Morgan fingerprint density at radius 3 is 1.21 bits per heavy atom. The van der Waals surface area contributed by atoms with Crippen molar-refractivity contribution in [1.82, 2.24) is 0 Å². The molecule has 0 unspecified atom stereocenters. The van der Waals surface area contributed by atoms with Gasteiger partial charge in [0.15, 0.2) is 0 Å². The van der Waals surface area contributed by atoms with Gasteiger partial charge >= 0.3 is 0 Å². The molecule has 0 radical (unpaired) electrons. The summed E-state index contributed by atoms with van der Waals surface area (Å²) in [6, 6.07) is 20.8. The first kappa shape index (κ1) is 16.8. The SMILES string of the molecule is CC(C)=O.CC=O.c1ccc(-c2ccccc2)cc1. The summed E-state index contributed by atoms with van der Waals surface area (Å²) in [6.07, 6.45) is 0.750. The largest absolute Gasteiger partial charge is 0.304 e. The van der Waals surface area contributed by atoms with Crippen LogP contribution in [0.3, 0.4) is 0 Å². The molecular formula is C17H20O2. The molecule has 19 heavy (non-hydrogen) atoms. The van der Waals surface area contributed by atoms with Crippen LogP contribution in [-0.4, -0.2) is 12.1 Å². The van der Waals surface area contributed by atoms with E-state index < -0.39 is 0 Å². The van der Waals surface area contributed by atoms with E-state index in [-0.39, 0.29) is 5.78 Å². The molecule has 0 aliphatic heterocycles. The van der Waals surface area contributed by atoms with E-state index in [4.69, 9.17) is 4.79 Å². The molecule has 2 rings (SSSR count). The lowest BCUT2D eigenvalue weighted by Crippen LogP contribution is -1.73. The van der Waals surface area contributed by atoms with Gasteiger partial charge in [0, 0.05) is 0 Å². The molecule has 0 heterocycles. The fraction of sp³-hybridized carbons (Fsp3) is 0.176. The van der Waals surface area contributed by atoms with Gasteiger partial charge in [0.2, 0.25) is 0 Å². The molecule has 0 amide bonds. The topological polar surface area (TPSA) is 34.1 Å². The zero-order valence-corrected chi connectivity index (χ0v) is 11.7. The summed E-state index contributed by atoms with van der Waals surface area (Å²) in [5.74, 6) is 0.167. The number of carbonyl (C=O) groups is 2. The summed E-state index contributed by atoms with van der Waals surface area (Å²) >= 11 is 0. The van der Waals surface area contributed by atoms with E-state index in [9.17, 15) is 4.79 Å². The minimum Gasteiger partial charge on any atom is -0.304 e. The van der Waals surface area contributed by atoms with Crippen molar-refractivity contribution in [1.29, 1.82) is 0 Å². The average molecular weight is 256 g/mol. The maximum atomic E-state index is 9.44. The second-order valence-electron chi connectivity index (χ2n) is 3.88. The van der Waals surface area contributed by atoms with Gasteiger partial charge in [-0.05, 0) is 31.9 Å². The van der Waals surface area contributed by atoms with Crippen molar-refractivity contribution in [3.8, 4) is 11.1 Å². The first-order valence-electron chi connectivity index (χ1n) is 6.09. The van der Waals surface area contributed by atoms with Gasteiger partial charge in [-0.15, -0.1) is 0 Å². The number of rotatable bonds is 1. The Morgan fingerprint density at radius 1 is 0.789 bits per heavy atom. The van der Waals surface area contributed by atoms with E-state index >= 15 is 0 Å². The van der Waals surface area contributed by atoms with Gasteiger partial charge < -0.3 is 9.59 Å². The summed E-state index contributed by atoms with van der Waals surface area (Å²) < 4.78 is 0. The van der Waals surface area contributed by atoms with Crippen LogP contribution in [0.2, 0.25) is 0 Å². The first-order valence-corrected chi connectivity index (χ1v) is 6.09. The Bertz CT molecular complexity index is 420. The van der Waals surface area contributed by atoms with Crippen molar-refractivity contribution >= 4 is 12.1 Å². The van der Waals surface area contributed by atoms with Gasteiger partial charge in [-0.2, -0.15) is 0 Å². The van der Waals surface area contributed by atoms with Crippen molar-refractivity contribution < 1.29 is 9.59 Å². The number of Topliss-reactive ketones (excluding diaryl/α,β-unsaturated/α-hetero) is 1. The molecule has 2 heteroatoms. The Morgan fingerprint density at radius 2 is 1.00 bits per heavy atom. The van der Waals surface area contributed by atoms with Crippen molar-refractivity contribution in [3.05, 3.63) is 60.7 Å². The molecule has 0 aromatic heterocycles. The minimum atomic E-state index is 0.167. The van der Waals surface area contributed by atoms with Crippen LogP contribution in [0.1, 0.15) is 20.8 Å². The number of hydrogen-bond donors (Lipinski definition) is 0. The fourth-order valence-corrected chi connectivity index (χ4v) is 1.26. The summed E-state index contributed by atoms with van der Waals surface area (Å²) in [7, 11) is 0. The third-order valence-corrected chi connectivity index (χ3v) is 1.88. The predicted octanol–water partition coefficient (Wildman–Crippen LogP) is 4.15. The van der Waals surface area contributed by atoms with Crippen LogP contribution in [0.5, 0.6) is 0 Å². The summed E-state index contributed by atoms with van der Waals surface area (Å²) in [6.45, 7) is 4.50. The van der Waals surface area contributed by atoms with Crippen LogP contribution >= 0.6 is 0 Å². The van der Waals surface area contributed by atoms with Crippen molar-refractivity contribution in [2.75, 3.05) is 0 Å². The van der Waals surface area contributed by atoms with E-state index in [0.717, 1.165) is 6.29 Å². The van der Waals surface area contributed by atoms with Crippen molar-refractivity contribution in [2.45, 2.75) is 20.8 Å². The number of carbonyl (C=O) groups excluding carboxylic acids is 2. The quantitative estimate of drug-likeness (QED) is 0.718. The molecule has 0 saturated heterocycles. The molecule has 0 spiro atoms. The Labute approximate surface area is 115 Å². The zero-order chi connectivity index (χ0) is 14.5. The van der Waals surface area contributed by atoms with Crippen LogP contribution in [0.25, 0.3) is 11.1 Å². The lowest BCUT2D eigenvalue weighted by molar-refractivity contribution is -0.115. The van der Waals surface area contributed by atoms with Gasteiger partial charge in [-0.1, -0.05) is 60.7 Å². The fourth-order valence-electron chi connectivity index (χ4n) is 1.26. The molecule has 0 saturated carbocycles. The van der Waals surface area contributed by atoms with Crippen LogP contribution in [-0.2, 0) is 9.59 Å². The molecule has 2 aromatic rings. The normalized spacial score (nSPS) is 8.16. The number of hydrogen-bond acceptors (Lipinski definition) is 2. The molecular weight excluding hydrogens is 236 g/mol. The van der Waals surface area contributed by atoms with Gasteiger partial charge in [-0.25, -0.2) is 0 Å². The van der Waals surface area contributed by atoms with Gasteiger partial charge in [0.25, 0.3) is 0 Å². The maximum absolute atomic E-state index is 9.44.